The molecular formula is C19H20F2N6O. The van der Waals surface area contributed by atoms with Gasteiger partial charge in [0, 0.05) is 25.4 Å². The van der Waals surface area contributed by atoms with Crippen LogP contribution in [0.5, 0.6) is 0 Å². The van der Waals surface area contributed by atoms with E-state index in [1.165, 1.54) is 18.7 Å². The Morgan fingerprint density at radius 1 is 1.36 bits per heavy atom. The number of rotatable bonds is 7. The molecule has 0 aliphatic carbocycles. The van der Waals surface area contributed by atoms with E-state index in [4.69, 9.17) is 4.52 Å². The number of aromatic nitrogens is 2. The Bertz CT molecular complexity index is 928. The maximum Gasteiger partial charge on any atom is 0.267 e. The Kier molecular flexibility index (Phi) is 5.65. The van der Waals surface area contributed by atoms with Gasteiger partial charge in [0.1, 0.15) is 23.8 Å². The minimum absolute atomic E-state index is 0.236. The van der Waals surface area contributed by atoms with Gasteiger partial charge in [-0.15, -0.1) is 0 Å². The molecule has 2 aromatic heterocycles. The van der Waals surface area contributed by atoms with E-state index in [0.29, 0.717) is 11.4 Å². The summed E-state index contributed by atoms with van der Waals surface area (Å²) in [5, 5.41) is 6.65. The highest BCUT2D eigenvalue weighted by molar-refractivity contribution is 5.83. The van der Waals surface area contributed by atoms with Gasteiger partial charge in [-0.3, -0.25) is 0 Å². The first-order valence-corrected chi connectivity index (χ1v) is 8.48. The van der Waals surface area contributed by atoms with Crippen LogP contribution < -0.4 is 16.2 Å². The lowest BCUT2D eigenvalue weighted by Gasteiger charge is -2.22. The van der Waals surface area contributed by atoms with Gasteiger partial charge in [0.2, 0.25) is 0 Å². The molecule has 0 amide bonds. The molecule has 0 radical (unpaired) electrons. The molecule has 146 valence electrons. The van der Waals surface area contributed by atoms with Gasteiger partial charge in [-0.25, -0.2) is 24.2 Å². The highest BCUT2D eigenvalue weighted by Gasteiger charge is 2.39. The van der Waals surface area contributed by atoms with E-state index >= 15 is 0 Å². The molecule has 3 rings (SSSR count). The second kappa shape index (κ2) is 8.13. The molecule has 3 heterocycles. The molecule has 9 heteroatoms. The van der Waals surface area contributed by atoms with E-state index in [0.717, 1.165) is 18.2 Å². The third-order valence-electron chi connectivity index (χ3n) is 3.97. The van der Waals surface area contributed by atoms with Crippen molar-refractivity contribution in [3.05, 3.63) is 66.6 Å². The molecule has 0 bridgehead atoms. The van der Waals surface area contributed by atoms with Crippen molar-refractivity contribution in [3.8, 4) is 11.4 Å². The average molecular weight is 386 g/mol. The summed E-state index contributed by atoms with van der Waals surface area (Å²) in [5.74, 6) is -2.71. The van der Waals surface area contributed by atoms with E-state index in [-0.39, 0.29) is 11.5 Å². The molecule has 3 N–H and O–H groups in total. The molecular weight excluding hydrogens is 366 g/mol. The highest BCUT2D eigenvalue weighted by Crippen LogP contribution is 2.24. The fourth-order valence-corrected chi connectivity index (χ4v) is 2.54. The van der Waals surface area contributed by atoms with Gasteiger partial charge in [0.05, 0.1) is 17.1 Å². The largest absolute Gasteiger partial charge is 0.364 e. The third kappa shape index (κ3) is 4.68. The second-order valence-electron chi connectivity index (χ2n) is 6.27. The van der Waals surface area contributed by atoms with Crippen molar-refractivity contribution in [2.75, 3.05) is 0 Å². The zero-order valence-corrected chi connectivity index (χ0v) is 15.4. The quantitative estimate of drug-likeness (QED) is 0.634. The lowest BCUT2D eigenvalue weighted by Crippen LogP contribution is -2.46. The number of nitrogens with one attached hydrogen (secondary N) is 3. The molecule has 28 heavy (non-hydrogen) atoms. The molecule has 1 aliphatic rings. The summed E-state index contributed by atoms with van der Waals surface area (Å²) in [6, 6.07) is 6.13. The Morgan fingerprint density at radius 2 is 2.18 bits per heavy atom. The number of halogens is 2. The Balaban J connectivity index is 1.64. The van der Waals surface area contributed by atoms with E-state index < -0.39 is 12.0 Å². The van der Waals surface area contributed by atoms with Gasteiger partial charge in [-0.05, 0) is 30.7 Å². The number of nitrogens with zero attached hydrogens (tertiary/aromatic N) is 3. The van der Waals surface area contributed by atoms with Crippen molar-refractivity contribution in [1.82, 2.24) is 26.3 Å². The van der Waals surface area contributed by atoms with Gasteiger partial charge < -0.3 is 15.3 Å². The van der Waals surface area contributed by atoms with E-state index in [1.807, 2.05) is 25.1 Å². The van der Waals surface area contributed by atoms with Crippen LogP contribution in [0.25, 0.3) is 17.0 Å². The van der Waals surface area contributed by atoms with Crippen molar-refractivity contribution in [1.29, 1.82) is 0 Å². The Labute approximate surface area is 160 Å². The van der Waals surface area contributed by atoms with Crippen molar-refractivity contribution >= 4 is 11.8 Å². The first kappa shape index (κ1) is 19.4. The molecule has 7 nitrogen and oxygen atoms in total. The number of aliphatic imine (C=N–C) groups is 1. The van der Waals surface area contributed by atoms with Crippen LogP contribution in [-0.2, 0) is 0 Å². The second-order valence-corrected chi connectivity index (χ2v) is 6.27. The summed E-state index contributed by atoms with van der Waals surface area (Å²) in [7, 11) is 0. The van der Waals surface area contributed by atoms with Crippen LogP contribution in [-0.4, -0.2) is 28.3 Å². The van der Waals surface area contributed by atoms with Crippen molar-refractivity contribution in [3.63, 3.8) is 0 Å². The highest BCUT2D eigenvalue weighted by atomic mass is 19.3. The maximum absolute atomic E-state index is 13.5. The Hall–Kier alpha value is -3.33. The molecule has 0 saturated heterocycles. The smallest absolute Gasteiger partial charge is 0.267 e. The SMILES string of the molecule is C=C(N=C/C=C(\C)c1cccc(-c2ccon2)n1)NC1=CNNC1C(C)(F)F. The topological polar surface area (TPSA) is 87.4 Å². The van der Waals surface area contributed by atoms with E-state index in [9.17, 15) is 8.78 Å². The van der Waals surface area contributed by atoms with Gasteiger partial charge in [0.15, 0.2) is 0 Å². The van der Waals surface area contributed by atoms with Gasteiger partial charge in [0.25, 0.3) is 5.92 Å². The van der Waals surface area contributed by atoms with Crippen LogP contribution in [0.3, 0.4) is 0 Å². The lowest BCUT2D eigenvalue weighted by molar-refractivity contribution is -0.00646. The van der Waals surface area contributed by atoms with Gasteiger partial charge in [-0.2, -0.15) is 0 Å². The fourth-order valence-electron chi connectivity index (χ4n) is 2.54. The van der Waals surface area contributed by atoms with Crippen molar-refractivity contribution in [2.24, 2.45) is 4.99 Å². The minimum atomic E-state index is -2.94. The normalized spacial score (nSPS) is 17.5. The molecule has 1 unspecified atom stereocenters. The number of pyridine rings is 1. The van der Waals surface area contributed by atoms with Crippen LogP contribution in [0.15, 0.2) is 70.4 Å². The summed E-state index contributed by atoms with van der Waals surface area (Å²) in [4.78, 5) is 8.67. The fraction of sp³-hybridized carbons (Fsp3) is 0.211. The molecule has 0 spiro atoms. The van der Waals surface area contributed by atoms with Gasteiger partial charge in [-0.1, -0.05) is 17.8 Å². The summed E-state index contributed by atoms with van der Waals surface area (Å²) in [6.07, 6.45) is 6.20. The summed E-state index contributed by atoms with van der Waals surface area (Å²) in [6.45, 7) is 6.46. The lowest BCUT2D eigenvalue weighted by atomic mass is 10.1. The van der Waals surface area contributed by atoms with Crippen LogP contribution >= 0.6 is 0 Å². The average Bonchev–Trinajstić information content (AvgIpc) is 3.33. The summed E-state index contributed by atoms with van der Waals surface area (Å²) in [5.41, 5.74) is 8.27. The number of hydrogen-bond donors (Lipinski definition) is 3. The molecule has 1 atom stereocenters. The molecule has 0 aromatic carbocycles. The zero-order valence-electron chi connectivity index (χ0n) is 15.4. The predicted molar refractivity (Wildman–Crippen MR) is 103 cm³/mol. The molecule has 1 aliphatic heterocycles. The maximum atomic E-state index is 13.5. The standard InChI is InChI=1S/C19H20F2N6O/c1-12(14-5-4-6-15(25-14)16-8-10-28-27-16)7-9-22-13(2)24-17-11-23-26-18(17)19(3,20)21/h4-11,18,23-24,26H,2H2,1,3H3/b12-7+,22-9?. The molecule has 2 aromatic rings. The van der Waals surface area contributed by atoms with Gasteiger partial charge >= 0.3 is 0 Å². The zero-order chi connectivity index (χ0) is 20.1. The minimum Gasteiger partial charge on any atom is -0.364 e. The van der Waals surface area contributed by atoms with Crippen molar-refractivity contribution in [2.45, 2.75) is 25.8 Å². The van der Waals surface area contributed by atoms with Crippen LogP contribution in [0.2, 0.25) is 0 Å². The molecule has 0 saturated carbocycles. The number of hydrazine groups is 1. The first-order valence-electron chi connectivity index (χ1n) is 8.48. The number of alkyl halides is 2. The van der Waals surface area contributed by atoms with Crippen LogP contribution in [0.1, 0.15) is 19.5 Å². The van der Waals surface area contributed by atoms with Crippen LogP contribution in [0, 0.1) is 0 Å². The number of allylic oxidation sites excluding steroid dienone is 2. The first-order chi connectivity index (χ1) is 13.3. The summed E-state index contributed by atoms with van der Waals surface area (Å²) >= 11 is 0. The third-order valence-corrected chi connectivity index (χ3v) is 3.97. The summed E-state index contributed by atoms with van der Waals surface area (Å²) < 4.78 is 31.9. The number of hydrogen-bond acceptors (Lipinski definition) is 7. The van der Waals surface area contributed by atoms with E-state index in [1.54, 1.807) is 12.1 Å². The van der Waals surface area contributed by atoms with E-state index in [2.05, 4.69) is 37.9 Å². The molecule has 0 fully saturated rings. The predicted octanol–water partition coefficient (Wildman–Crippen LogP) is 3.24. The Morgan fingerprint density at radius 3 is 2.89 bits per heavy atom. The van der Waals surface area contributed by atoms with Crippen molar-refractivity contribution < 1.29 is 13.3 Å². The van der Waals surface area contributed by atoms with Crippen LogP contribution in [0.4, 0.5) is 8.78 Å². The monoisotopic (exact) mass is 386 g/mol.